The molecule has 0 aliphatic rings. The van der Waals surface area contributed by atoms with Crippen LogP contribution in [0.2, 0.25) is 0 Å². The van der Waals surface area contributed by atoms with Crippen molar-refractivity contribution in [3.8, 4) is 0 Å². The van der Waals surface area contributed by atoms with Gasteiger partial charge in [0.25, 0.3) is 0 Å². The van der Waals surface area contributed by atoms with E-state index in [0.717, 1.165) is 0 Å². The normalized spacial score (nSPS) is 6.00. The second-order valence-corrected chi connectivity index (χ2v) is 0.710. The van der Waals surface area contributed by atoms with Crippen LogP contribution in [0, 0.1) is 0 Å². The van der Waals surface area contributed by atoms with E-state index in [0.29, 0.717) is 0 Å². The van der Waals surface area contributed by atoms with Crippen molar-refractivity contribution in [2.75, 3.05) is 0 Å². The SMILES string of the molecule is O=C(O)OB(O)O.[H-].[H-].[K+].[Na+]. The monoisotopic (exact) mass is 170 g/mol. The Hall–Kier alpha value is 1.89. The summed E-state index contributed by atoms with van der Waals surface area (Å²) in [5.74, 6) is 0. The van der Waals surface area contributed by atoms with Gasteiger partial charge in [0.1, 0.15) is 0 Å². The maximum atomic E-state index is 9.27. The summed E-state index contributed by atoms with van der Waals surface area (Å²) in [7, 11) is -2.22. The third-order valence-electron chi connectivity index (χ3n) is 0.206. The van der Waals surface area contributed by atoms with Gasteiger partial charge in [-0.05, 0) is 0 Å². The zero-order valence-electron chi connectivity index (χ0n) is 7.24. The second-order valence-electron chi connectivity index (χ2n) is 0.710. The van der Waals surface area contributed by atoms with Gasteiger partial charge in [-0.15, -0.1) is 0 Å². The van der Waals surface area contributed by atoms with Gasteiger partial charge in [0.15, 0.2) is 0 Å². The van der Waals surface area contributed by atoms with Crippen LogP contribution in [0.15, 0.2) is 0 Å². The Morgan fingerprint density at radius 1 is 1.56 bits per heavy atom. The molecule has 9 heavy (non-hydrogen) atoms. The summed E-state index contributed by atoms with van der Waals surface area (Å²) in [5, 5.41) is 22.9. The van der Waals surface area contributed by atoms with Crippen LogP contribution >= 0.6 is 0 Å². The Bertz CT molecular complexity index is 84.9. The van der Waals surface area contributed by atoms with Crippen molar-refractivity contribution in [2.24, 2.45) is 0 Å². The van der Waals surface area contributed by atoms with Crippen molar-refractivity contribution in [3.63, 3.8) is 0 Å². The van der Waals surface area contributed by atoms with E-state index in [1.807, 2.05) is 0 Å². The molecule has 0 aliphatic carbocycles. The average molecular weight is 170 g/mol. The van der Waals surface area contributed by atoms with Crippen LogP contribution in [-0.2, 0) is 4.65 Å². The molecule has 5 nitrogen and oxygen atoms in total. The average Bonchev–Trinajstić information content (AvgIpc) is 1.27. The first-order valence-corrected chi connectivity index (χ1v) is 1.38. The van der Waals surface area contributed by atoms with Crippen LogP contribution in [-0.4, -0.2) is 28.6 Å². The number of hydrogen-bond acceptors (Lipinski definition) is 4. The third-order valence-corrected chi connectivity index (χ3v) is 0.206. The first-order chi connectivity index (χ1) is 3.13. The van der Waals surface area contributed by atoms with Crippen LogP contribution < -0.4 is 80.9 Å². The van der Waals surface area contributed by atoms with Crippen molar-refractivity contribution in [3.05, 3.63) is 0 Å². The molecule has 0 saturated heterocycles. The minimum atomic E-state index is -2.22. The summed E-state index contributed by atoms with van der Waals surface area (Å²) in [4.78, 5) is 9.27. The largest absolute Gasteiger partial charge is 1.00 e. The Kier molecular flexibility index (Phi) is 18.8. The van der Waals surface area contributed by atoms with Gasteiger partial charge in [-0.2, -0.15) is 0 Å². The molecule has 0 heterocycles. The number of hydrogen-bond donors (Lipinski definition) is 3. The molecule has 0 aromatic heterocycles. The predicted octanol–water partition coefficient (Wildman–Crippen LogP) is -7.12. The molecule has 0 fully saturated rings. The van der Waals surface area contributed by atoms with Crippen molar-refractivity contribution in [1.82, 2.24) is 0 Å². The van der Waals surface area contributed by atoms with E-state index in [2.05, 4.69) is 4.65 Å². The topological polar surface area (TPSA) is 87.0 Å². The van der Waals surface area contributed by atoms with Gasteiger partial charge in [0.05, 0.1) is 0 Å². The molecule has 0 atom stereocenters. The Morgan fingerprint density at radius 3 is 1.89 bits per heavy atom. The summed E-state index contributed by atoms with van der Waals surface area (Å²) in [6.07, 6.45) is -1.71. The van der Waals surface area contributed by atoms with Crippen LogP contribution in [0.5, 0.6) is 0 Å². The van der Waals surface area contributed by atoms with Gasteiger partial charge in [-0.1, -0.05) is 0 Å². The number of carboxylic acid groups (broad SMARTS) is 1. The molecule has 0 bridgehead atoms. The molecule has 0 aromatic carbocycles. The minimum absolute atomic E-state index is 0. The zero-order valence-corrected chi connectivity index (χ0v) is 10.4. The second kappa shape index (κ2) is 9.89. The Labute approximate surface area is 120 Å². The number of rotatable bonds is 1. The van der Waals surface area contributed by atoms with Crippen molar-refractivity contribution >= 4 is 13.5 Å². The fourth-order valence-electron chi connectivity index (χ4n) is 0.0902. The van der Waals surface area contributed by atoms with Crippen molar-refractivity contribution < 1.29 is 108 Å². The van der Waals surface area contributed by atoms with Gasteiger partial charge in [0, 0.05) is 0 Å². The van der Waals surface area contributed by atoms with E-state index in [1.165, 1.54) is 0 Å². The van der Waals surface area contributed by atoms with Crippen LogP contribution in [0.25, 0.3) is 0 Å². The third kappa shape index (κ3) is 17.7. The van der Waals surface area contributed by atoms with Crippen molar-refractivity contribution in [2.45, 2.75) is 0 Å². The van der Waals surface area contributed by atoms with E-state index in [1.54, 1.807) is 0 Å². The van der Waals surface area contributed by atoms with Gasteiger partial charge in [0.2, 0.25) is 0 Å². The Balaban J connectivity index is -0.0000000300. The Morgan fingerprint density at radius 2 is 1.89 bits per heavy atom. The molecular weight excluding hydrogens is 165 g/mol. The van der Waals surface area contributed by atoms with Crippen LogP contribution in [0.1, 0.15) is 2.85 Å². The summed E-state index contributed by atoms with van der Waals surface area (Å²) in [6, 6.07) is 0. The molecule has 0 aliphatic heterocycles. The molecule has 0 saturated carbocycles. The van der Waals surface area contributed by atoms with E-state index in [-0.39, 0.29) is 83.8 Å². The van der Waals surface area contributed by atoms with E-state index < -0.39 is 13.5 Å². The quantitative estimate of drug-likeness (QED) is 0.340. The summed E-state index contributed by atoms with van der Waals surface area (Å²) >= 11 is 0. The van der Waals surface area contributed by atoms with E-state index in [9.17, 15) is 4.79 Å². The first kappa shape index (κ1) is 17.1. The van der Waals surface area contributed by atoms with Gasteiger partial charge in [-0.3, -0.25) is 0 Å². The summed E-state index contributed by atoms with van der Waals surface area (Å²) in [6.45, 7) is 0. The molecular formula is CH5BKNaO5. The van der Waals surface area contributed by atoms with E-state index >= 15 is 0 Å². The summed E-state index contributed by atoms with van der Waals surface area (Å²) < 4.78 is 3.28. The standard InChI is InChI=1S/CH3BO5.K.Na.2H/c3-1(4)7-2(5)6;;;;/h5-6H,(H,3,4);;;;/q;2*+1;2*-1. The molecule has 8 heteroatoms. The fraction of sp³-hybridized carbons (Fsp3) is 0. The summed E-state index contributed by atoms with van der Waals surface area (Å²) in [5.41, 5.74) is 0. The van der Waals surface area contributed by atoms with Gasteiger partial charge < -0.3 is 22.7 Å². The van der Waals surface area contributed by atoms with Crippen LogP contribution in [0.4, 0.5) is 4.79 Å². The molecule has 0 spiro atoms. The molecule has 0 aromatic rings. The maximum Gasteiger partial charge on any atom is 1.00 e. The molecule has 0 amide bonds. The van der Waals surface area contributed by atoms with Gasteiger partial charge in [-0.25, -0.2) is 4.79 Å². The molecule has 3 N–H and O–H groups in total. The van der Waals surface area contributed by atoms with E-state index in [4.69, 9.17) is 15.2 Å². The van der Waals surface area contributed by atoms with Gasteiger partial charge >= 0.3 is 94.4 Å². The molecule has 0 radical (unpaired) electrons. The predicted molar refractivity (Wildman–Crippen MR) is 21.5 cm³/mol. The maximum absolute atomic E-state index is 9.27. The molecule has 0 unspecified atom stereocenters. The smallest absolute Gasteiger partial charge is 1.00 e. The molecule has 0 rings (SSSR count). The fourth-order valence-corrected chi connectivity index (χ4v) is 0.0902. The number of carbonyl (C=O) groups is 1. The zero-order chi connectivity index (χ0) is 5.86. The first-order valence-electron chi connectivity index (χ1n) is 1.38. The minimum Gasteiger partial charge on any atom is -1.00 e. The van der Waals surface area contributed by atoms with Crippen molar-refractivity contribution in [1.29, 1.82) is 0 Å². The van der Waals surface area contributed by atoms with Crippen LogP contribution in [0.3, 0.4) is 0 Å². The molecule has 44 valence electrons.